The maximum absolute atomic E-state index is 12.0. The molecule has 0 spiro atoms. The van der Waals surface area contributed by atoms with Gasteiger partial charge in [0.05, 0.1) is 4.90 Å². The summed E-state index contributed by atoms with van der Waals surface area (Å²) in [5.74, 6) is -0.00213. The molecule has 0 aliphatic carbocycles. The number of H-pyrrole nitrogens is 1. The van der Waals surface area contributed by atoms with Crippen LogP contribution >= 0.6 is 0 Å². The number of hydrogen-bond acceptors (Lipinski definition) is 2. The standard InChI is InChI=1S/C12H11NO2S.HI/c14-16(15,12-7-2-1-3-8-12)10-11-6-4-5-9-13-11;/h1-9H,10H2;1H. The van der Waals surface area contributed by atoms with Crippen LogP contribution in [-0.4, -0.2) is 8.42 Å². The SMILES string of the molecule is O=S(=O)(Cc1cccc[nH+]1)c1ccccc1.[I-]. The van der Waals surface area contributed by atoms with Crippen LogP contribution in [0.25, 0.3) is 0 Å². The van der Waals surface area contributed by atoms with E-state index < -0.39 is 9.84 Å². The van der Waals surface area contributed by atoms with Crippen molar-refractivity contribution in [1.29, 1.82) is 0 Å². The number of sulfone groups is 1. The third kappa shape index (κ3) is 3.78. The Morgan fingerprint density at radius 1 is 0.941 bits per heavy atom. The lowest BCUT2D eigenvalue weighted by Crippen LogP contribution is -3.00. The molecular formula is C12H12INO2S. The number of aromatic amines is 1. The van der Waals surface area contributed by atoms with Gasteiger partial charge in [-0.3, -0.25) is 0 Å². The van der Waals surface area contributed by atoms with Crippen LogP contribution in [0, 0.1) is 0 Å². The number of benzene rings is 1. The molecule has 0 bridgehead atoms. The van der Waals surface area contributed by atoms with E-state index in [0.29, 0.717) is 10.6 Å². The lowest BCUT2D eigenvalue weighted by Gasteiger charge is -2.00. The second-order valence-electron chi connectivity index (χ2n) is 3.46. The summed E-state index contributed by atoms with van der Waals surface area (Å²) in [5.41, 5.74) is 0.686. The Balaban J connectivity index is 0.00000144. The molecule has 1 aromatic heterocycles. The van der Waals surface area contributed by atoms with Crippen LogP contribution in [0.4, 0.5) is 0 Å². The van der Waals surface area contributed by atoms with Crippen LogP contribution in [0.5, 0.6) is 0 Å². The normalized spacial score (nSPS) is 10.6. The van der Waals surface area contributed by atoms with Crippen LogP contribution < -0.4 is 29.0 Å². The molecule has 3 nitrogen and oxygen atoms in total. The fourth-order valence-electron chi connectivity index (χ4n) is 1.44. The lowest BCUT2D eigenvalue weighted by atomic mass is 10.4. The predicted molar refractivity (Wildman–Crippen MR) is 60.3 cm³/mol. The minimum absolute atomic E-state index is 0. The zero-order valence-corrected chi connectivity index (χ0v) is 12.0. The highest BCUT2D eigenvalue weighted by Crippen LogP contribution is 2.13. The van der Waals surface area contributed by atoms with Gasteiger partial charge >= 0.3 is 0 Å². The molecular weight excluding hydrogens is 349 g/mol. The highest BCUT2D eigenvalue weighted by Gasteiger charge is 2.17. The summed E-state index contributed by atoms with van der Waals surface area (Å²) in [4.78, 5) is 3.27. The van der Waals surface area contributed by atoms with E-state index in [1.54, 1.807) is 42.6 Å². The Labute approximate surface area is 118 Å². The lowest BCUT2D eigenvalue weighted by molar-refractivity contribution is -0.388. The van der Waals surface area contributed by atoms with Crippen molar-refractivity contribution < 1.29 is 37.4 Å². The van der Waals surface area contributed by atoms with Gasteiger partial charge in [0.15, 0.2) is 21.7 Å². The summed E-state index contributed by atoms with van der Waals surface area (Å²) in [6.45, 7) is 0. The highest BCUT2D eigenvalue weighted by molar-refractivity contribution is 7.90. The first kappa shape index (κ1) is 14.1. The van der Waals surface area contributed by atoms with Crippen LogP contribution in [0.2, 0.25) is 0 Å². The van der Waals surface area contributed by atoms with Gasteiger partial charge in [0, 0.05) is 12.1 Å². The monoisotopic (exact) mass is 361 g/mol. The molecule has 0 atom stereocenters. The average Bonchev–Trinajstić information content (AvgIpc) is 2.31. The molecule has 0 amide bonds. The number of nitrogens with one attached hydrogen (secondary N) is 1. The molecule has 1 N–H and O–H groups in total. The molecule has 0 fully saturated rings. The summed E-state index contributed by atoms with van der Waals surface area (Å²) < 4.78 is 24.0. The van der Waals surface area contributed by atoms with Gasteiger partial charge in [0.2, 0.25) is 0 Å². The molecule has 17 heavy (non-hydrogen) atoms. The molecule has 1 heterocycles. The van der Waals surface area contributed by atoms with Crippen molar-refractivity contribution in [3.05, 3.63) is 60.4 Å². The second-order valence-corrected chi connectivity index (χ2v) is 5.45. The third-order valence-corrected chi connectivity index (χ3v) is 3.90. The smallest absolute Gasteiger partial charge is 0.195 e. The average molecular weight is 361 g/mol. The fraction of sp³-hybridized carbons (Fsp3) is 0.0833. The largest absolute Gasteiger partial charge is 1.00 e. The van der Waals surface area contributed by atoms with Crippen LogP contribution in [0.15, 0.2) is 59.6 Å². The van der Waals surface area contributed by atoms with Gasteiger partial charge in [-0.1, -0.05) is 24.3 Å². The van der Waals surface area contributed by atoms with Crippen molar-refractivity contribution >= 4 is 9.84 Å². The zero-order chi connectivity index (χ0) is 11.4. The van der Waals surface area contributed by atoms with E-state index >= 15 is 0 Å². The zero-order valence-electron chi connectivity index (χ0n) is 9.01. The molecule has 0 aliphatic rings. The van der Waals surface area contributed by atoms with Gasteiger partial charge in [-0.2, -0.15) is 0 Å². The predicted octanol–water partition coefficient (Wildman–Crippen LogP) is -1.52. The molecule has 5 heteroatoms. The van der Waals surface area contributed by atoms with Crippen molar-refractivity contribution in [3.8, 4) is 0 Å². The van der Waals surface area contributed by atoms with Crippen molar-refractivity contribution in [3.63, 3.8) is 0 Å². The van der Waals surface area contributed by atoms with Gasteiger partial charge in [-0.25, -0.2) is 13.4 Å². The van der Waals surface area contributed by atoms with E-state index in [1.165, 1.54) is 0 Å². The fourth-order valence-corrected chi connectivity index (χ4v) is 2.76. The quantitative estimate of drug-likeness (QED) is 0.624. The second kappa shape index (κ2) is 6.11. The molecule has 0 aliphatic heterocycles. The summed E-state index contributed by atoms with van der Waals surface area (Å²) in [7, 11) is -3.24. The van der Waals surface area contributed by atoms with Crippen molar-refractivity contribution in [2.75, 3.05) is 0 Å². The Kier molecular flexibility index (Phi) is 5.07. The topological polar surface area (TPSA) is 48.3 Å². The Morgan fingerprint density at radius 3 is 2.18 bits per heavy atom. The maximum Gasteiger partial charge on any atom is 0.195 e. The summed E-state index contributed by atoms with van der Waals surface area (Å²) >= 11 is 0. The van der Waals surface area contributed by atoms with Crippen LogP contribution in [0.1, 0.15) is 5.69 Å². The molecule has 0 saturated heterocycles. The summed E-state index contributed by atoms with van der Waals surface area (Å²) in [5, 5.41) is 0. The highest BCUT2D eigenvalue weighted by atomic mass is 127. The first-order chi connectivity index (χ1) is 7.68. The van der Waals surface area contributed by atoms with E-state index in [2.05, 4.69) is 4.98 Å². The van der Waals surface area contributed by atoms with Crippen molar-refractivity contribution in [2.24, 2.45) is 0 Å². The summed E-state index contributed by atoms with van der Waals surface area (Å²) in [6.07, 6.45) is 1.72. The number of aromatic nitrogens is 1. The number of pyridine rings is 1. The Morgan fingerprint density at radius 2 is 1.59 bits per heavy atom. The molecule has 2 rings (SSSR count). The van der Waals surface area contributed by atoms with E-state index in [4.69, 9.17) is 0 Å². The third-order valence-electron chi connectivity index (χ3n) is 2.22. The Hall–Kier alpha value is -0.950. The Bertz CT molecular complexity index is 556. The van der Waals surface area contributed by atoms with E-state index in [0.717, 1.165) is 0 Å². The number of rotatable bonds is 3. The van der Waals surface area contributed by atoms with E-state index in [1.807, 2.05) is 12.1 Å². The number of halogens is 1. The minimum atomic E-state index is -3.24. The summed E-state index contributed by atoms with van der Waals surface area (Å²) in [6, 6.07) is 13.9. The van der Waals surface area contributed by atoms with Gasteiger partial charge in [0.1, 0.15) is 5.75 Å². The van der Waals surface area contributed by atoms with Gasteiger partial charge in [-0.15, -0.1) is 0 Å². The van der Waals surface area contributed by atoms with Crippen molar-refractivity contribution in [1.82, 2.24) is 0 Å². The molecule has 90 valence electrons. The first-order valence-electron chi connectivity index (χ1n) is 4.92. The van der Waals surface area contributed by atoms with E-state index in [-0.39, 0.29) is 29.7 Å². The van der Waals surface area contributed by atoms with Crippen molar-refractivity contribution in [2.45, 2.75) is 10.6 Å². The molecule has 0 unspecified atom stereocenters. The van der Waals surface area contributed by atoms with Crippen LogP contribution in [0.3, 0.4) is 0 Å². The van der Waals surface area contributed by atoms with Crippen LogP contribution in [-0.2, 0) is 15.6 Å². The van der Waals surface area contributed by atoms with Gasteiger partial charge in [-0.05, 0) is 12.1 Å². The minimum Gasteiger partial charge on any atom is -1.00 e. The van der Waals surface area contributed by atoms with Gasteiger partial charge in [0.25, 0.3) is 0 Å². The molecule has 1 aromatic carbocycles. The molecule has 0 saturated carbocycles. The first-order valence-corrected chi connectivity index (χ1v) is 6.57. The number of hydrogen-bond donors (Lipinski definition) is 0. The maximum atomic E-state index is 12.0. The molecule has 0 radical (unpaired) electrons. The molecule has 2 aromatic rings. The van der Waals surface area contributed by atoms with E-state index in [9.17, 15) is 8.42 Å². The van der Waals surface area contributed by atoms with Gasteiger partial charge < -0.3 is 24.0 Å².